The van der Waals surface area contributed by atoms with Gasteiger partial charge in [0.1, 0.15) is 5.82 Å². The lowest BCUT2D eigenvalue weighted by molar-refractivity contribution is -0.137. The third-order valence-corrected chi connectivity index (χ3v) is 4.58. The van der Waals surface area contributed by atoms with Crippen molar-refractivity contribution in [3.8, 4) is 0 Å². The zero-order valence-corrected chi connectivity index (χ0v) is 15.4. The summed E-state index contributed by atoms with van der Waals surface area (Å²) >= 11 is 0. The Balaban J connectivity index is 1.45. The number of aryl methyl sites for hydroxylation is 1. The van der Waals surface area contributed by atoms with E-state index in [1.165, 1.54) is 6.07 Å². The summed E-state index contributed by atoms with van der Waals surface area (Å²) in [6, 6.07) is 4.15. The van der Waals surface area contributed by atoms with Crippen molar-refractivity contribution in [1.29, 1.82) is 0 Å². The summed E-state index contributed by atoms with van der Waals surface area (Å²) in [6.07, 6.45) is 1.56. The first kappa shape index (κ1) is 20.0. The average molecular weight is 396 g/mol. The van der Waals surface area contributed by atoms with Crippen LogP contribution in [0.3, 0.4) is 0 Å². The van der Waals surface area contributed by atoms with Crippen LogP contribution in [-0.4, -0.2) is 58.4 Å². The fourth-order valence-electron chi connectivity index (χ4n) is 3.07. The van der Waals surface area contributed by atoms with Gasteiger partial charge < -0.3 is 15.1 Å². The zero-order valence-electron chi connectivity index (χ0n) is 15.4. The van der Waals surface area contributed by atoms with Gasteiger partial charge in [-0.3, -0.25) is 4.68 Å². The number of alkyl halides is 3. The molecule has 1 saturated heterocycles. The number of carbonyl (C=O) groups is 1. The van der Waals surface area contributed by atoms with Crippen LogP contribution < -0.4 is 10.2 Å². The molecule has 1 aliphatic rings. The molecule has 0 unspecified atom stereocenters. The van der Waals surface area contributed by atoms with E-state index in [1.807, 2.05) is 21.8 Å². The minimum atomic E-state index is -4.39. The van der Waals surface area contributed by atoms with Crippen molar-refractivity contribution in [2.75, 3.05) is 37.6 Å². The van der Waals surface area contributed by atoms with Crippen LogP contribution >= 0.6 is 0 Å². The first-order valence-electron chi connectivity index (χ1n) is 9.22. The van der Waals surface area contributed by atoms with Crippen LogP contribution in [0.15, 0.2) is 36.8 Å². The van der Waals surface area contributed by atoms with Crippen molar-refractivity contribution in [2.24, 2.45) is 0 Å². The number of nitrogens with zero attached hydrogens (tertiary/aromatic N) is 5. The van der Waals surface area contributed by atoms with E-state index in [4.69, 9.17) is 0 Å². The molecule has 28 heavy (non-hydrogen) atoms. The van der Waals surface area contributed by atoms with Crippen LogP contribution in [0.5, 0.6) is 0 Å². The molecule has 3 rings (SSSR count). The molecule has 0 radical (unpaired) electrons. The van der Waals surface area contributed by atoms with Gasteiger partial charge in [0.25, 0.3) is 0 Å². The number of anilines is 1. The molecule has 0 bridgehead atoms. The van der Waals surface area contributed by atoms with Gasteiger partial charge in [0.15, 0.2) is 0 Å². The van der Waals surface area contributed by atoms with Gasteiger partial charge in [-0.1, -0.05) is 0 Å². The third-order valence-electron chi connectivity index (χ3n) is 4.58. The van der Waals surface area contributed by atoms with Crippen molar-refractivity contribution in [2.45, 2.75) is 25.6 Å². The largest absolute Gasteiger partial charge is 0.417 e. The molecule has 2 aromatic heterocycles. The van der Waals surface area contributed by atoms with E-state index < -0.39 is 11.7 Å². The lowest BCUT2D eigenvalue weighted by atomic mass is 10.2. The Morgan fingerprint density at radius 2 is 2.04 bits per heavy atom. The second-order valence-electron chi connectivity index (χ2n) is 6.59. The first-order chi connectivity index (χ1) is 13.4. The van der Waals surface area contributed by atoms with E-state index in [2.05, 4.69) is 15.4 Å². The van der Waals surface area contributed by atoms with E-state index in [-0.39, 0.29) is 6.03 Å². The standard InChI is InChI=1S/C18H23F3N6O/c19-18(20,21)15-4-5-16(23-14-15)25-8-3-9-26(13-12-25)17(28)22-6-1-10-27-11-2-7-24-27/h2,4-5,7,11,14H,1,3,6,8-10,12-13H2,(H,22,28). The van der Waals surface area contributed by atoms with Gasteiger partial charge in [0.2, 0.25) is 0 Å². The average Bonchev–Trinajstić information content (AvgIpc) is 3.06. The van der Waals surface area contributed by atoms with Gasteiger partial charge >= 0.3 is 12.2 Å². The number of amides is 2. The number of nitrogens with one attached hydrogen (secondary N) is 1. The Hall–Kier alpha value is -2.78. The molecular formula is C18H23F3N6O. The van der Waals surface area contributed by atoms with E-state index in [0.29, 0.717) is 38.5 Å². The highest BCUT2D eigenvalue weighted by Crippen LogP contribution is 2.29. The molecule has 2 aromatic rings. The second kappa shape index (κ2) is 8.94. The van der Waals surface area contributed by atoms with Gasteiger partial charge in [0.05, 0.1) is 5.56 Å². The minimum Gasteiger partial charge on any atom is -0.355 e. The molecule has 1 aliphatic heterocycles. The lowest BCUT2D eigenvalue weighted by Gasteiger charge is -2.23. The van der Waals surface area contributed by atoms with Gasteiger partial charge in [0, 0.05) is 57.9 Å². The highest BCUT2D eigenvalue weighted by Gasteiger charge is 2.31. The molecule has 0 atom stereocenters. The summed E-state index contributed by atoms with van der Waals surface area (Å²) in [4.78, 5) is 19.9. The number of hydrogen-bond donors (Lipinski definition) is 1. The molecule has 0 aliphatic carbocycles. The molecule has 2 amide bonds. The maximum Gasteiger partial charge on any atom is 0.417 e. The number of hydrogen-bond acceptors (Lipinski definition) is 4. The lowest BCUT2D eigenvalue weighted by Crippen LogP contribution is -2.42. The van der Waals surface area contributed by atoms with Gasteiger partial charge in [-0.15, -0.1) is 0 Å². The maximum absolute atomic E-state index is 12.7. The number of carbonyl (C=O) groups excluding carboxylic acids is 1. The molecular weight excluding hydrogens is 373 g/mol. The third kappa shape index (κ3) is 5.37. The molecule has 10 heteroatoms. The summed E-state index contributed by atoms with van der Waals surface area (Å²) in [5.74, 6) is 0.495. The van der Waals surface area contributed by atoms with Gasteiger partial charge in [-0.2, -0.15) is 18.3 Å². The van der Waals surface area contributed by atoms with Gasteiger partial charge in [-0.25, -0.2) is 9.78 Å². The smallest absolute Gasteiger partial charge is 0.355 e. The van der Waals surface area contributed by atoms with E-state index in [9.17, 15) is 18.0 Å². The minimum absolute atomic E-state index is 0.123. The van der Waals surface area contributed by atoms with Crippen LogP contribution in [-0.2, 0) is 12.7 Å². The Labute approximate surface area is 161 Å². The molecule has 0 aromatic carbocycles. The zero-order chi connectivity index (χ0) is 20.0. The molecule has 7 nitrogen and oxygen atoms in total. The van der Waals surface area contributed by atoms with Crippen molar-refractivity contribution in [1.82, 2.24) is 25.0 Å². The molecule has 1 N–H and O–H groups in total. The fraction of sp³-hybridized carbons (Fsp3) is 0.500. The number of pyridine rings is 1. The highest BCUT2D eigenvalue weighted by atomic mass is 19.4. The Bertz CT molecular complexity index is 748. The van der Waals surface area contributed by atoms with Crippen LogP contribution in [0.2, 0.25) is 0 Å². The Morgan fingerprint density at radius 1 is 1.18 bits per heavy atom. The second-order valence-corrected chi connectivity index (χ2v) is 6.59. The predicted molar refractivity (Wildman–Crippen MR) is 97.9 cm³/mol. The number of urea groups is 1. The summed E-state index contributed by atoms with van der Waals surface area (Å²) in [6.45, 7) is 3.55. The predicted octanol–water partition coefficient (Wildman–Crippen LogP) is 2.61. The summed E-state index contributed by atoms with van der Waals surface area (Å²) in [5.41, 5.74) is -0.762. The van der Waals surface area contributed by atoms with Crippen molar-refractivity contribution in [3.63, 3.8) is 0 Å². The molecule has 3 heterocycles. The van der Waals surface area contributed by atoms with Crippen LogP contribution in [0.1, 0.15) is 18.4 Å². The Kier molecular flexibility index (Phi) is 6.37. The molecule has 0 saturated carbocycles. The highest BCUT2D eigenvalue weighted by molar-refractivity contribution is 5.74. The van der Waals surface area contributed by atoms with Crippen molar-refractivity contribution < 1.29 is 18.0 Å². The van der Waals surface area contributed by atoms with Crippen molar-refractivity contribution >= 4 is 11.8 Å². The van der Waals surface area contributed by atoms with E-state index in [0.717, 1.165) is 31.6 Å². The fourth-order valence-corrected chi connectivity index (χ4v) is 3.07. The number of aromatic nitrogens is 3. The Morgan fingerprint density at radius 3 is 2.71 bits per heavy atom. The van der Waals surface area contributed by atoms with E-state index >= 15 is 0 Å². The summed E-state index contributed by atoms with van der Waals surface area (Å²) < 4.78 is 39.8. The van der Waals surface area contributed by atoms with Crippen molar-refractivity contribution in [3.05, 3.63) is 42.4 Å². The number of rotatable bonds is 5. The topological polar surface area (TPSA) is 66.3 Å². The van der Waals surface area contributed by atoms with Crippen LogP contribution in [0.25, 0.3) is 0 Å². The monoisotopic (exact) mass is 396 g/mol. The SMILES string of the molecule is O=C(NCCCn1cccn1)N1CCCN(c2ccc(C(F)(F)F)cn2)CC1. The van der Waals surface area contributed by atoms with E-state index in [1.54, 1.807) is 11.1 Å². The van der Waals surface area contributed by atoms with Crippen LogP contribution in [0.4, 0.5) is 23.8 Å². The molecule has 1 fully saturated rings. The normalized spacial score (nSPS) is 15.4. The maximum atomic E-state index is 12.7. The summed E-state index contributed by atoms with van der Waals surface area (Å²) in [5, 5.41) is 7.02. The van der Waals surface area contributed by atoms with Crippen LogP contribution in [0, 0.1) is 0 Å². The first-order valence-corrected chi connectivity index (χ1v) is 9.22. The molecule has 0 spiro atoms. The molecule has 152 valence electrons. The summed E-state index contributed by atoms with van der Waals surface area (Å²) in [7, 11) is 0. The van der Waals surface area contributed by atoms with Gasteiger partial charge in [-0.05, 0) is 31.0 Å². The quantitative estimate of drug-likeness (QED) is 0.789. The number of halogens is 3.